The smallest absolute Gasteiger partial charge is 1.00 e. The fourth-order valence-corrected chi connectivity index (χ4v) is 6.88. The number of esters is 11. The van der Waals surface area contributed by atoms with Crippen molar-refractivity contribution < 1.29 is 295 Å². The minimum absolute atomic E-state index is 0. The normalized spacial score (nSPS) is 9.28. The van der Waals surface area contributed by atoms with Gasteiger partial charge in [0, 0.05) is 151 Å². The molecule has 7 aromatic heterocycles. The number of hydrogen-bond acceptors (Lipinski definition) is 42. The molecule has 7 N–H and O–H groups in total. The molecule has 126 heavy (non-hydrogen) atoms. The van der Waals surface area contributed by atoms with Gasteiger partial charge in [0.15, 0.2) is 33.3 Å². The van der Waals surface area contributed by atoms with Gasteiger partial charge >= 0.3 is 170 Å². The Hall–Kier alpha value is -9.69. The first-order valence-electron chi connectivity index (χ1n) is 35.6. The van der Waals surface area contributed by atoms with Crippen LogP contribution in [0.4, 0.5) is 0 Å². The van der Waals surface area contributed by atoms with Gasteiger partial charge in [0.1, 0.15) is 49.7 Å². The number of nitrogens with zero attached hydrogens (tertiary/aromatic N) is 7. The molecule has 47 heteroatoms. The molecule has 0 unspecified atom stereocenters. The summed E-state index contributed by atoms with van der Waals surface area (Å²) < 4.78 is 72.8. The summed E-state index contributed by atoms with van der Waals surface area (Å²) in [5.41, 5.74) is 8.26. The molecule has 7 rings (SSSR count). The topological polar surface area (TPSA) is 606 Å². The Kier molecular flexibility index (Phi) is 84.3. The minimum atomic E-state index is -1.19. The maximum Gasteiger partial charge on any atom is 1.00 e. The van der Waals surface area contributed by atoms with Crippen molar-refractivity contribution in [1.82, 2.24) is 24.9 Å². The van der Waals surface area contributed by atoms with E-state index in [1.165, 1.54) is 94.8 Å². The molecule has 0 radical (unpaired) electrons. The Balaban J connectivity index is -0.000000212. The molecule has 0 atom stereocenters. The molecule has 686 valence electrons. The second-order valence-electron chi connectivity index (χ2n) is 22.9. The Bertz CT molecular complexity index is 4110. The number of aryl methyl sites for hydroxylation is 3. The van der Waals surface area contributed by atoms with E-state index in [0.717, 1.165) is 43.2 Å². The summed E-state index contributed by atoms with van der Waals surface area (Å²) in [5, 5.41) is 69.6. The summed E-state index contributed by atoms with van der Waals surface area (Å²) >= 11 is 3.00. The maximum absolute atomic E-state index is 11.0. The van der Waals surface area contributed by atoms with E-state index >= 15 is 0 Å². The zero-order valence-electron chi connectivity index (χ0n) is 74.6. The Morgan fingerprint density at radius 2 is 0.841 bits per heavy atom. The summed E-state index contributed by atoms with van der Waals surface area (Å²) in [6, 6.07) is 24.1. The van der Waals surface area contributed by atoms with E-state index < -0.39 is 60.0 Å². The third-order valence-corrected chi connectivity index (χ3v) is 12.4. The molecule has 0 spiro atoms. The molecule has 0 aliphatic carbocycles. The number of ether oxygens (including phenoxy) is 15. The molecule has 7 heterocycles. The van der Waals surface area contributed by atoms with E-state index in [0.29, 0.717) is 72.0 Å². The van der Waals surface area contributed by atoms with Gasteiger partial charge in [-0.25, -0.2) is 0 Å². The largest absolute Gasteiger partial charge is 1.00 e. The van der Waals surface area contributed by atoms with Crippen LogP contribution in [0.25, 0.3) is 0 Å². The molecule has 0 saturated heterocycles. The monoisotopic (exact) mass is 1900 g/mol. The van der Waals surface area contributed by atoms with Crippen LogP contribution in [0.1, 0.15) is 158 Å². The van der Waals surface area contributed by atoms with Gasteiger partial charge < -0.3 is 108 Å². The van der Waals surface area contributed by atoms with Crippen LogP contribution in [0.2, 0.25) is 0 Å². The number of pyridine rings is 7. The van der Waals surface area contributed by atoms with Gasteiger partial charge in [0.2, 0.25) is 18.1 Å². The van der Waals surface area contributed by atoms with Gasteiger partial charge in [-0.05, 0) is 85.1 Å². The minimum Gasteiger partial charge on any atom is -1.00 e. The third-order valence-electron chi connectivity index (χ3n) is 12.0. The summed E-state index contributed by atoms with van der Waals surface area (Å²) in [6.45, 7) is 20.1. The van der Waals surface area contributed by atoms with Gasteiger partial charge in [0.05, 0.1) is 64.3 Å². The van der Waals surface area contributed by atoms with E-state index in [-0.39, 0.29) is 209 Å². The van der Waals surface area contributed by atoms with Crippen molar-refractivity contribution in [2.75, 3.05) is 59.1 Å². The second kappa shape index (κ2) is 83.5. The van der Waals surface area contributed by atoms with Crippen molar-refractivity contribution in [3.05, 3.63) is 196 Å². The summed E-state index contributed by atoms with van der Waals surface area (Å²) in [6.07, 6.45) is 10.2. The van der Waals surface area contributed by atoms with Gasteiger partial charge in [0.25, 0.3) is 18.5 Å². The number of aromatic nitrogens is 7. The summed E-state index contributed by atoms with van der Waals surface area (Å²) in [5.74, 6) is -4.53. The summed E-state index contributed by atoms with van der Waals surface area (Å²) in [7, 11) is 0. The first-order valence-corrected chi connectivity index (χ1v) is 36.8. The van der Waals surface area contributed by atoms with Gasteiger partial charge in [-0.3, -0.25) is 97.7 Å². The number of hydrogen-bond donors (Lipinski definition) is 7. The number of alkyl halides is 1. The molecule has 0 aliphatic rings. The number of carbonyl (C=O) groups is 13. The average Bonchev–Trinajstić information content (AvgIpc) is 0.865. The molecule has 0 aromatic carbocycles. The van der Waals surface area contributed by atoms with Crippen LogP contribution < -0.4 is 122 Å². The van der Waals surface area contributed by atoms with Crippen molar-refractivity contribution in [1.29, 1.82) is 0 Å². The van der Waals surface area contributed by atoms with Crippen LogP contribution in [0.3, 0.4) is 0 Å². The molecular formula is C79H107BrK2N7O37+3. The van der Waals surface area contributed by atoms with Crippen molar-refractivity contribution in [2.45, 2.75) is 149 Å². The Morgan fingerprint density at radius 3 is 1.17 bits per heavy atom. The molecular weight excluding hydrogens is 1800 g/mol. The van der Waals surface area contributed by atoms with Crippen LogP contribution >= 0.6 is 15.9 Å². The standard InChI is InChI=1S/C14H17NO7.C12H16NO6.C12H15NO5.C8H12NO3.C8H9NO3.C8H11NO2.C6H7NO.2C4H6O3.C2H5BrO.CH2O3.2K.H/c1-9(16)20-8-19-7-12-4-5-13(15-6-12)14(21-10(2)17)22-11(3)18;1-9(14)18-7-12-4-3-11(5-13(12)16)6-17-8-19-10(2)15;1-9(14)17-7-12-4-3-11(5-13-12)6-16-8-18-10(2)15;1-7-2-3-8(4-9(7)11)5-12-6-10;10-4-8-2-1-7(3-9-8)5-12-6-11;1-7-2-3-8(6-9-7)11-5-4-10;1-5-2-3-6(8)4-7-5;2*1-3(5)7-4(2)6;3-1-2-4;2-1-4-3;;;/h4-6,14H,7-8H2,1-3H3;3-5,16H,6-8H2,1-2H3;3-5H,6-8H2,1-2H3;2-4,10-11H,5-6H2,1H3;1-4,11H,5-6H2;2-3,6,10H,4-5H2,1H3;2-4,8H,1H3;2*1-2H3;4H,1-2H2;1,3H;;;/q;+1;;+1;;;;;;;;2*+1;-1. The van der Waals surface area contributed by atoms with E-state index in [9.17, 15) is 67.9 Å². The molecule has 7 aromatic rings. The van der Waals surface area contributed by atoms with Crippen LogP contribution in [0, 0.1) is 20.8 Å². The van der Waals surface area contributed by atoms with Crippen LogP contribution in [0.15, 0.2) is 128 Å². The Labute approximate surface area is 822 Å². The Morgan fingerprint density at radius 1 is 0.444 bits per heavy atom. The van der Waals surface area contributed by atoms with E-state index in [1.54, 1.807) is 98.4 Å². The van der Waals surface area contributed by atoms with E-state index in [2.05, 4.69) is 69.4 Å². The van der Waals surface area contributed by atoms with Crippen molar-refractivity contribution in [2.24, 2.45) is 0 Å². The van der Waals surface area contributed by atoms with Crippen LogP contribution in [-0.2, 0) is 175 Å². The molecule has 44 nitrogen and oxygen atoms in total. The zero-order chi connectivity index (χ0) is 94.6. The van der Waals surface area contributed by atoms with Gasteiger partial charge in [-0.15, -0.1) is 0 Å². The quantitative estimate of drug-likeness (QED) is 0.00204. The maximum atomic E-state index is 11.0. The molecule has 0 amide bonds. The zero-order valence-corrected chi connectivity index (χ0v) is 80.4. The molecule has 0 aliphatic heterocycles. The summed E-state index contributed by atoms with van der Waals surface area (Å²) in [4.78, 5) is 155. The van der Waals surface area contributed by atoms with Crippen LogP contribution in [-0.4, -0.2) is 198 Å². The number of carbonyl (C=O) groups excluding carboxylic acids is 13. The first-order chi connectivity index (χ1) is 58.7. The predicted molar refractivity (Wildman–Crippen MR) is 423 cm³/mol. The number of aliphatic hydroxyl groups excluding tert-OH is 4. The van der Waals surface area contributed by atoms with Crippen molar-refractivity contribution >= 4 is 94.4 Å². The number of aldehydes is 1. The second-order valence-corrected chi connectivity index (χ2v) is 23.7. The molecule has 0 saturated carbocycles. The van der Waals surface area contributed by atoms with Crippen molar-refractivity contribution in [3.63, 3.8) is 0 Å². The molecule has 0 bridgehead atoms. The van der Waals surface area contributed by atoms with Crippen LogP contribution in [0.5, 0.6) is 11.5 Å². The third kappa shape index (κ3) is 82.6. The fourth-order valence-electron chi connectivity index (χ4n) is 6.88. The average molecular weight is 1900 g/mol. The number of rotatable bonds is 31. The number of halogens is 1. The molecule has 0 fully saturated rings. The van der Waals surface area contributed by atoms with E-state index in [4.69, 9.17) is 83.0 Å². The number of aromatic hydroxyl groups is 1. The van der Waals surface area contributed by atoms with Crippen molar-refractivity contribution in [3.8, 4) is 11.5 Å². The first kappa shape index (κ1) is 127. The van der Waals surface area contributed by atoms with Gasteiger partial charge in [-0.2, -0.15) is 0 Å². The predicted octanol–water partition coefficient (Wildman–Crippen LogP) is -1.83. The van der Waals surface area contributed by atoms with Gasteiger partial charge in [-0.1, -0.05) is 34.1 Å². The van der Waals surface area contributed by atoms with E-state index in [1.807, 2.05) is 32.0 Å². The SMILES string of the molecule is CC(=O)OC(C)=O.CC(=O)OC(C)=O.CC(=O)OCOCc1ccc(C(OC(C)=O)OC(C)=O)nc1.CC(=O)OCOCc1ccc(COC(C)=O)[n+](O)c1.CC(=O)OCOCc1ccc(COC(C)=O)nc1.Cc1ccc(COCO)c[n+]1O.Cc1ccc(O)cn1.Cc1ccc(OCCO)cn1.O=CO[O-].O=Cc1ccc(COCO)cn1.OCCBr.[H+].[H-].[K+].[K+]. The number of aliphatic hydroxyl groups is 4. The fraction of sp³-hybridized carbons (Fsp3) is 0.392.